The van der Waals surface area contributed by atoms with E-state index in [0.29, 0.717) is 33.8 Å². The number of carbonyl (C=O) groups excluding carboxylic acids is 2. The molecule has 3 aromatic carbocycles. The third kappa shape index (κ3) is 5.63. The van der Waals surface area contributed by atoms with Gasteiger partial charge < -0.3 is 15.4 Å². The van der Waals surface area contributed by atoms with E-state index in [2.05, 4.69) is 15.6 Å². The molecule has 0 aliphatic carbocycles. The number of aryl methyl sites for hydroxylation is 1. The Kier molecular flexibility index (Phi) is 6.93. The molecule has 6 nitrogen and oxygen atoms in total. The van der Waals surface area contributed by atoms with Crippen LogP contribution >= 0.6 is 0 Å². The van der Waals surface area contributed by atoms with Gasteiger partial charge in [0.05, 0.1) is 11.3 Å². The van der Waals surface area contributed by atoms with Gasteiger partial charge in [0.1, 0.15) is 18.2 Å². The van der Waals surface area contributed by atoms with Crippen molar-refractivity contribution in [3.8, 4) is 5.75 Å². The summed E-state index contributed by atoms with van der Waals surface area (Å²) in [6.07, 6.45) is 3.06. The quantitative estimate of drug-likeness (QED) is 0.379. The molecular weight excluding hydrogens is 433 g/mol. The van der Waals surface area contributed by atoms with Gasteiger partial charge in [0.2, 0.25) is 0 Å². The van der Waals surface area contributed by atoms with Crippen molar-refractivity contribution < 1.29 is 18.7 Å². The van der Waals surface area contributed by atoms with Crippen LogP contribution in [0.1, 0.15) is 31.8 Å². The molecule has 170 valence electrons. The molecule has 4 rings (SSSR count). The number of ether oxygens (including phenoxy) is 1. The van der Waals surface area contributed by atoms with Crippen molar-refractivity contribution in [3.05, 3.63) is 119 Å². The average molecular weight is 455 g/mol. The molecule has 0 saturated carbocycles. The lowest BCUT2D eigenvalue weighted by molar-refractivity contribution is 0.102. The number of nitrogens with zero attached hydrogens (tertiary/aromatic N) is 1. The Hall–Kier alpha value is -4.52. The molecule has 0 spiro atoms. The van der Waals surface area contributed by atoms with Crippen molar-refractivity contribution in [2.24, 2.45) is 0 Å². The van der Waals surface area contributed by atoms with Gasteiger partial charge in [0.25, 0.3) is 11.8 Å². The summed E-state index contributed by atoms with van der Waals surface area (Å²) in [4.78, 5) is 29.6. The van der Waals surface area contributed by atoms with E-state index >= 15 is 0 Å². The smallest absolute Gasteiger partial charge is 0.257 e. The molecule has 0 bridgehead atoms. The summed E-state index contributed by atoms with van der Waals surface area (Å²) in [5.74, 6) is -0.515. The van der Waals surface area contributed by atoms with Gasteiger partial charge >= 0.3 is 0 Å². The summed E-state index contributed by atoms with van der Waals surface area (Å²) in [5, 5.41) is 5.68. The topological polar surface area (TPSA) is 80.3 Å². The second kappa shape index (κ2) is 10.4. The van der Waals surface area contributed by atoms with E-state index in [1.54, 1.807) is 60.7 Å². The Morgan fingerprint density at radius 2 is 1.65 bits per heavy atom. The third-order valence-electron chi connectivity index (χ3n) is 5.08. The number of rotatable bonds is 7. The Labute approximate surface area is 196 Å². The van der Waals surface area contributed by atoms with Gasteiger partial charge in [-0.15, -0.1) is 0 Å². The zero-order valence-electron chi connectivity index (χ0n) is 18.4. The Balaban J connectivity index is 1.48. The van der Waals surface area contributed by atoms with Crippen LogP contribution in [0.4, 0.5) is 15.8 Å². The zero-order valence-corrected chi connectivity index (χ0v) is 18.4. The summed E-state index contributed by atoms with van der Waals surface area (Å²) < 4.78 is 19.1. The predicted octanol–water partition coefficient (Wildman–Crippen LogP) is 5.61. The van der Waals surface area contributed by atoms with Crippen molar-refractivity contribution in [1.82, 2.24) is 4.98 Å². The lowest BCUT2D eigenvalue weighted by Crippen LogP contribution is -2.19. The number of anilines is 2. The maximum absolute atomic E-state index is 13.4. The summed E-state index contributed by atoms with van der Waals surface area (Å²) in [7, 11) is 0. The fraction of sp³-hybridized carbons (Fsp3) is 0.0741. The van der Waals surface area contributed by atoms with Gasteiger partial charge in [-0.25, -0.2) is 4.39 Å². The minimum atomic E-state index is -0.379. The molecule has 2 N–H and O–H groups in total. The molecule has 0 fully saturated rings. The Morgan fingerprint density at radius 3 is 2.44 bits per heavy atom. The van der Waals surface area contributed by atoms with E-state index in [1.807, 2.05) is 13.0 Å². The number of hydrogen-bond acceptors (Lipinski definition) is 4. The minimum Gasteiger partial charge on any atom is -0.489 e. The molecule has 0 atom stereocenters. The molecule has 4 aromatic rings. The lowest BCUT2D eigenvalue weighted by atomic mass is 10.1. The van der Waals surface area contributed by atoms with Crippen molar-refractivity contribution in [3.63, 3.8) is 0 Å². The molecule has 0 aliphatic heterocycles. The first-order valence-electron chi connectivity index (χ1n) is 10.6. The molecule has 1 heterocycles. The van der Waals surface area contributed by atoms with E-state index in [1.165, 1.54) is 24.5 Å². The molecule has 7 heteroatoms. The van der Waals surface area contributed by atoms with Crippen molar-refractivity contribution in [2.75, 3.05) is 10.6 Å². The summed E-state index contributed by atoms with van der Waals surface area (Å²) in [6.45, 7) is 2.01. The van der Waals surface area contributed by atoms with E-state index in [4.69, 9.17) is 4.74 Å². The van der Waals surface area contributed by atoms with E-state index < -0.39 is 0 Å². The maximum atomic E-state index is 13.4. The van der Waals surface area contributed by atoms with Crippen LogP contribution in [-0.4, -0.2) is 16.8 Å². The van der Waals surface area contributed by atoms with Crippen LogP contribution in [0.25, 0.3) is 0 Å². The van der Waals surface area contributed by atoms with E-state index in [-0.39, 0.29) is 24.2 Å². The highest BCUT2D eigenvalue weighted by Crippen LogP contribution is 2.24. The van der Waals surface area contributed by atoms with Gasteiger partial charge in [-0.05, 0) is 60.5 Å². The second-order valence-corrected chi connectivity index (χ2v) is 7.59. The standard InChI is InChI=1S/C27H22FN3O3/c1-18-5-2-10-24(25(18)31-26(32)20-11-13-29-14-12-20)27(33)30-22-8-4-9-23(16-22)34-17-19-6-3-7-21(28)15-19/h2-16H,17H2,1H3,(H,30,33)(H,31,32). The maximum Gasteiger partial charge on any atom is 0.257 e. The summed E-state index contributed by atoms with van der Waals surface area (Å²) in [5.41, 5.74) is 3.17. The fourth-order valence-electron chi connectivity index (χ4n) is 3.37. The highest BCUT2D eigenvalue weighted by Gasteiger charge is 2.17. The average Bonchev–Trinajstić information content (AvgIpc) is 2.85. The van der Waals surface area contributed by atoms with Gasteiger partial charge in [-0.3, -0.25) is 14.6 Å². The SMILES string of the molecule is Cc1cccc(C(=O)Nc2cccc(OCc3cccc(F)c3)c2)c1NC(=O)c1ccncc1. The number of carbonyl (C=O) groups is 2. The zero-order chi connectivity index (χ0) is 23.9. The number of benzene rings is 3. The van der Waals surface area contributed by atoms with Crippen LogP contribution in [0, 0.1) is 12.7 Å². The van der Waals surface area contributed by atoms with Crippen LogP contribution in [0.5, 0.6) is 5.75 Å². The van der Waals surface area contributed by atoms with Crippen molar-refractivity contribution in [1.29, 1.82) is 0 Å². The number of halogens is 1. The first-order valence-corrected chi connectivity index (χ1v) is 10.6. The lowest BCUT2D eigenvalue weighted by Gasteiger charge is -2.15. The molecule has 1 aromatic heterocycles. The first-order chi connectivity index (χ1) is 16.5. The first kappa shape index (κ1) is 22.7. The number of para-hydroxylation sites is 1. The highest BCUT2D eigenvalue weighted by atomic mass is 19.1. The van der Waals surface area contributed by atoms with Gasteiger partial charge in [0.15, 0.2) is 0 Å². The van der Waals surface area contributed by atoms with Gasteiger partial charge in [-0.1, -0.05) is 30.3 Å². The van der Waals surface area contributed by atoms with Crippen LogP contribution in [0.3, 0.4) is 0 Å². The number of hydrogen-bond donors (Lipinski definition) is 2. The van der Waals surface area contributed by atoms with Crippen LogP contribution in [0.15, 0.2) is 91.3 Å². The van der Waals surface area contributed by atoms with E-state index in [0.717, 1.165) is 5.56 Å². The van der Waals surface area contributed by atoms with Crippen LogP contribution in [-0.2, 0) is 6.61 Å². The third-order valence-corrected chi connectivity index (χ3v) is 5.08. The summed E-state index contributed by atoms with van der Waals surface area (Å²) in [6, 6.07) is 21.5. The number of pyridine rings is 1. The van der Waals surface area contributed by atoms with Crippen LogP contribution in [0.2, 0.25) is 0 Å². The molecule has 2 amide bonds. The molecule has 0 radical (unpaired) electrons. The number of nitrogens with one attached hydrogen (secondary N) is 2. The molecule has 0 unspecified atom stereocenters. The number of aromatic nitrogens is 1. The normalized spacial score (nSPS) is 10.4. The summed E-state index contributed by atoms with van der Waals surface area (Å²) >= 11 is 0. The van der Waals surface area contributed by atoms with Crippen LogP contribution < -0.4 is 15.4 Å². The Morgan fingerprint density at radius 1 is 0.882 bits per heavy atom. The highest BCUT2D eigenvalue weighted by molar-refractivity contribution is 6.13. The Bertz CT molecular complexity index is 1330. The molecule has 34 heavy (non-hydrogen) atoms. The monoisotopic (exact) mass is 455 g/mol. The second-order valence-electron chi connectivity index (χ2n) is 7.59. The molecule has 0 aliphatic rings. The minimum absolute atomic E-state index is 0.193. The molecular formula is C27H22FN3O3. The van der Waals surface area contributed by atoms with Crippen molar-refractivity contribution in [2.45, 2.75) is 13.5 Å². The van der Waals surface area contributed by atoms with Gasteiger partial charge in [-0.2, -0.15) is 0 Å². The van der Waals surface area contributed by atoms with E-state index in [9.17, 15) is 14.0 Å². The largest absolute Gasteiger partial charge is 0.489 e. The molecule has 0 saturated heterocycles. The fourth-order valence-corrected chi connectivity index (χ4v) is 3.37. The van der Waals surface area contributed by atoms with Gasteiger partial charge in [0, 0.05) is 29.7 Å². The van der Waals surface area contributed by atoms with Crippen molar-refractivity contribution >= 4 is 23.2 Å². The predicted molar refractivity (Wildman–Crippen MR) is 128 cm³/mol. The number of amides is 2.